The number of amides is 2. The van der Waals surface area contributed by atoms with Gasteiger partial charge in [0.2, 0.25) is 0 Å². The standard InChI is InChI=1S/C12H13F3N2O3/c1-12(2,15)11(19)16-6-4-7(13)9(8(14)5-6)10(18)17-20-3/h4-5H,1-3H3,(H,16,19)(H,17,18). The molecule has 2 amide bonds. The van der Waals surface area contributed by atoms with E-state index in [9.17, 15) is 22.8 Å². The maximum absolute atomic E-state index is 13.6. The summed E-state index contributed by atoms with van der Waals surface area (Å²) >= 11 is 0. The van der Waals surface area contributed by atoms with Crippen LogP contribution >= 0.6 is 0 Å². The van der Waals surface area contributed by atoms with Crippen molar-refractivity contribution in [3.8, 4) is 0 Å². The Morgan fingerprint density at radius 3 is 2.10 bits per heavy atom. The number of benzene rings is 1. The molecule has 0 unspecified atom stereocenters. The van der Waals surface area contributed by atoms with Gasteiger partial charge in [-0.15, -0.1) is 0 Å². The van der Waals surface area contributed by atoms with E-state index in [0.717, 1.165) is 21.0 Å². The zero-order valence-corrected chi connectivity index (χ0v) is 11.0. The second-order valence-electron chi connectivity index (χ2n) is 4.38. The Kier molecular flexibility index (Phi) is 4.72. The molecule has 2 N–H and O–H groups in total. The van der Waals surface area contributed by atoms with Gasteiger partial charge < -0.3 is 5.32 Å². The molecule has 5 nitrogen and oxygen atoms in total. The first-order chi connectivity index (χ1) is 9.16. The summed E-state index contributed by atoms with van der Waals surface area (Å²) in [6.07, 6.45) is 0. The van der Waals surface area contributed by atoms with Crippen molar-refractivity contribution in [2.45, 2.75) is 19.5 Å². The van der Waals surface area contributed by atoms with Crippen LogP contribution in [0.4, 0.5) is 18.9 Å². The minimum atomic E-state index is -2.21. The molecule has 0 atom stereocenters. The Bertz CT molecular complexity index is 518. The highest BCUT2D eigenvalue weighted by Gasteiger charge is 2.27. The van der Waals surface area contributed by atoms with Crippen LogP contribution in [0.5, 0.6) is 0 Å². The second-order valence-corrected chi connectivity index (χ2v) is 4.38. The molecule has 0 fully saturated rings. The van der Waals surface area contributed by atoms with Crippen molar-refractivity contribution in [2.24, 2.45) is 0 Å². The first-order valence-electron chi connectivity index (χ1n) is 5.49. The van der Waals surface area contributed by atoms with Gasteiger partial charge in [0.05, 0.1) is 7.11 Å². The Labute approximate surface area is 113 Å². The lowest BCUT2D eigenvalue weighted by atomic mass is 10.1. The number of rotatable bonds is 4. The molecule has 0 aromatic heterocycles. The van der Waals surface area contributed by atoms with Crippen molar-refractivity contribution in [3.63, 3.8) is 0 Å². The second kappa shape index (κ2) is 5.91. The molecule has 1 aromatic rings. The summed E-state index contributed by atoms with van der Waals surface area (Å²) in [6, 6.07) is 1.41. The Morgan fingerprint density at radius 2 is 1.70 bits per heavy atom. The van der Waals surface area contributed by atoms with E-state index in [4.69, 9.17) is 0 Å². The highest BCUT2D eigenvalue weighted by molar-refractivity contribution is 5.98. The monoisotopic (exact) mass is 290 g/mol. The molecular weight excluding hydrogens is 277 g/mol. The largest absolute Gasteiger partial charge is 0.323 e. The molecule has 0 spiro atoms. The molecule has 0 saturated heterocycles. The Morgan fingerprint density at radius 1 is 1.20 bits per heavy atom. The van der Waals surface area contributed by atoms with Gasteiger partial charge in [0.25, 0.3) is 11.8 Å². The molecule has 0 heterocycles. The number of carbonyl (C=O) groups excluding carboxylic acids is 2. The van der Waals surface area contributed by atoms with Crippen molar-refractivity contribution in [1.82, 2.24) is 5.48 Å². The average Bonchev–Trinajstić information content (AvgIpc) is 2.26. The van der Waals surface area contributed by atoms with Crippen LogP contribution in [-0.2, 0) is 9.63 Å². The van der Waals surface area contributed by atoms with E-state index in [1.54, 1.807) is 5.48 Å². The van der Waals surface area contributed by atoms with E-state index in [1.807, 2.05) is 5.32 Å². The van der Waals surface area contributed by atoms with Crippen molar-refractivity contribution >= 4 is 17.5 Å². The maximum atomic E-state index is 13.6. The average molecular weight is 290 g/mol. The third kappa shape index (κ3) is 3.70. The molecule has 1 rings (SSSR count). The zero-order valence-electron chi connectivity index (χ0n) is 11.0. The van der Waals surface area contributed by atoms with Gasteiger partial charge in [0.1, 0.15) is 17.2 Å². The van der Waals surface area contributed by atoms with Crippen molar-refractivity contribution in [2.75, 3.05) is 12.4 Å². The van der Waals surface area contributed by atoms with E-state index in [-0.39, 0.29) is 5.69 Å². The molecule has 20 heavy (non-hydrogen) atoms. The van der Waals surface area contributed by atoms with Crippen LogP contribution < -0.4 is 10.8 Å². The Hall–Kier alpha value is -2.09. The van der Waals surface area contributed by atoms with E-state index in [0.29, 0.717) is 12.1 Å². The molecule has 0 aliphatic rings. The van der Waals surface area contributed by atoms with E-state index in [2.05, 4.69) is 4.84 Å². The van der Waals surface area contributed by atoms with Crippen LogP contribution in [0.15, 0.2) is 12.1 Å². The quantitative estimate of drug-likeness (QED) is 0.833. The number of alkyl halides is 1. The van der Waals surface area contributed by atoms with Gasteiger partial charge in [-0.3, -0.25) is 14.4 Å². The molecule has 8 heteroatoms. The van der Waals surface area contributed by atoms with Crippen LogP contribution in [0, 0.1) is 11.6 Å². The summed E-state index contributed by atoms with van der Waals surface area (Å²) in [5.74, 6) is -4.62. The minimum Gasteiger partial charge on any atom is -0.323 e. The SMILES string of the molecule is CONC(=O)c1c(F)cc(NC(=O)C(C)(C)F)cc1F. The lowest BCUT2D eigenvalue weighted by Crippen LogP contribution is -2.32. The normalized spacial score (nSPS) is 11.1. The molecule has 0 aliphatic heterocycles. The van der Waals surface area contributed by atoms with Gasteiger partial charge >= 0.3 is 0 Å². The van der Waals surface area contributed by atoms with Gasteiger partial charge in [0, 0.05) is 5.69 Å². The molecular formula is C12H13F3N2O3. The first-order valence-corrected chi connectivity index (χ1v) is 5.49. The summed E-state index contributed by atoms with van der Waals surface area (Å²) in [7, 11) is 1.10. The lowest BCUT2D eigenvalue weighted by molar-refractivity contribution is -0.125. The van der Waals surface area contributed by atoms with Crippen molar-refractivity contribution in [3.05, 3.63) is 29.3 Å². The van der Waals surface area contributed by atoms with E-state index >= 15 is 0 Å². The van der Waals surface area contributed by atoms with Crippen LogP contribution in [0.25, 0.3) is 0 Å². The van der Waals surface area contributed by atoms with Gasteiger partial charge in [-0.05, 0) is 26.0 Å². The lowest BCUT2D eigenvalue weighted by Gasteiger charge is -2.15. The summed E-state index contributed by atoms with van der Waals surface area (Å²) in [5.41, 5.74) is -1.62. The number of hydrogen-bond acceptors (Lipinski definition) is 3. The molecule has 110 valence electrons. The molecule has 0 bridgehead atoms. The molecule has 1 aromatic carbocycles. The number of hydroxylamine groups is 1. The fourth-order valence-corrected chi connectivity index (χ4v) is 1.29. The minimum absolute atomic E-state index is 0.301. The van der Waals surface area contributed by atoms with Crippen LogP contribution in [0.2, 0.25) is 0 Å². The van der Waals surface area contributed by atoms with Crippen molar-refractivity contribution < 1.29 is 27.6 Å². The predicted octanol–water partition coefficient (Wildman–Crippen LogP) is 1.94. The summed E-state index contributed by atoms with van der Waals surface area (Å²) in [4.78, 5) is 26.9. The fourth-order valence-electron chi connectivity index (χ4n) is 1.29. The number of carbonyl (C=O) groups is 2. The van der Waals surface area contributed by atoms with Gasteiger partial charge in [-0.1, -0.05) is 0 Å². The Balaban J connectivity index is 3.05. The number of halogens is 3. The highest BCUT2D eigenvalue weighted by Crippen LogP contribution is 2.20. The van der Waals surface area contributed by atoms with Crippen molar-refractivity contribution in [1.29, 1.82) is 0 Å². The predicted molar refractivity (Wildman–Crippen MR) is 64.6 cm³/mol. The third-order valence-electron chi connectivity index (χ3n) is 2.26. The number of nitrogens with one attached hydrogen (secondary N) is 2. The van der Waals surface area contributed by atoms with Gasteiger partial charge in [0.15, 0.2) is 5.67 Å². The smallest absolute Gasteiger partial charge is 0.280 e. The number of anilines is 1. The fraction of sp³-hybridized carbons (Fsp3) is 0.333. The number of hydrogen-bond donors (Lipinski definition) is 2. The maximum Gasteiger partial charge on any atom is 0.280 e. The van der Waals surface area contributed by atoms with Crippen LogP contribution in [-0.4, -0.2) is 24.6 Å². The van der Waals surface area contributed by atoms with Crippen LogP contribution in [0.3, 0.4) is 0 Å². The van der Waals surface area contributed by atoms with Crippen LogP contribution in [0.1, 0.15) is 24.2 Å². The van der Waals surface area contributed by atoms with E-state index < -0.39 is 34.7 Å². The molecule has 0 aliphatic carbocycles. The highest BCUT2D eigenvalue weighted by atomic mass is 19.1. The topological polar surface area (TPSA) is 67.4 Å². The summed E-state index contributed by atoms with van der Waals surface area (Å²) < 4.78 is 40.6. The summed E-state index contributed by atoms with van der Waals surface area (Å²) in [5, 5.41) is 2.00. The van der Waals surface area contributed by atoms with Gasteiger partial charge in [-0.2, -0.15) is 0 Å². The van der Waals surface area contributed by atoms with Gasteiger partial charge in [-0.25, -0.2) is 18.7 Å². The first kappa shape index (κ1) is 16.0. The summed E-state index contributed by atoms with van der Waals surface area (Å²) in [6.45, 7) is 1.99. The van der Waals surface area contributed by atoms with E-state index in [1.165, 1.54) is 0 Å². The molecule has 0 saturated carbocycles. The zero-order chi connectivity index (χ0) is 15.5. The third-order valence-corrected chi connectivity index (χ3v) is 2.26. The molecule has 0 radical (unpaired) electrons.